The molecule has 2 fully saturated rings. The van der Waals surface area contributed by atoms with Gasteiger partial charge in [-0.3, -0.25) is 9.80 Å². The molecule has 3 atom stereocenters. The highest BCUT2D eigenvalue weighted by Gasteiger charge is 2.34. The predicted octanol–water partition coefficient (Wildman–Crippen LogP) is 2.51. The number of rotatable bonds is 2. The molecule has 0 N–H and O–H groups in total. The molecular formula is C15H26N2. The van der Waals surface area contributed by atoms with Crippen LogP contribution in [-0.2, 0) is 0 Å². The van der Waals surface area contributed by atoms with Crippen LogP contribution >= 0.6 is 0 Å². The van der Waals surface area contributed by atoms with Crippen LogP contribution < -0.4 is 0 Å². The zero-order valence-corrected chi connectivity index (χ0v) is 11.1. The second-order valence-corrected chi connectivity index (χ2v) is 6.24. The third-order valence-electron chi connectivity index (χ3n) is 4.94. The van der Waals surface area contributed by atoms with E-state index in [0.717, 1.165) is 18.0 Å². The molecule has 0 bridgehead atoms. The van der Waals surface area contributed by atoms with E-state index in [1.807, 2.05) is 0 Å². The lowest BCUT2D eigenvalue weighted by atomic mass is 9.93. The van der Waals surface area contributed by atoms with E-state index in [0.29, 0.717) is 0 Å². The molecule has 17 heavy (non-hydrogen) atoms. The van der Waals surface area contributed by atoms with Crippen molar-refractivity contribution < 1.29 is 0 Å². The summed E-state index contributed by atoms with van der Waals surface area (Å²) in [6.45, 7) is 7.77. The van der Waals surface area contributed by atoms with Crippen molar-refractivity contribution >= 4 is 0 Å². The molecule has 0 saturated carbocycles. The molecule has 0 unspecified atom stereocenters. The van der Waals surface area contributed by atoms with Gasteiger partial charge >= 0.3 is 0 Å². The number of hydrogen-bond donors (Lipinski definition) is 0. The molecule has 3 aliphatic rings. The maximum absolute atomic E-state index is 2.77. The van der Waals surface area contributed by atoms with Crippen LogP contribution in [0.1, 0.15) is 39.0 Å². The summed E-state index contributed by atoms with van der Waals surface area (Å²) in [5.41, 5.74) is 0. The quantitative estimate of drug-likeness (QED) is 0.677. The van der Waals surface area contributed by atoms with Crippen molar-refractivity contribution in [2.75, 3.05) is 26.2 Å². The van der Waals surface area contributed by atoms with Crippen molar-refractivity contribution in [2.24, 2.45) is 5.92 Å². The van der Waals surface area contributed by atoms with Crippen molar-refractivity contribution in [1.29, 1.82) is 0 Å². The first kappa shape index (κ1) is 11.7. The van der Waals surface area contributed by atoms with E-state index < -0.39 is 0 Å². The van der Waals surface area contributed by atoms with Crippen molar-refractivity contribution in [3.05, 3.63) is 12.2 Å². The van der Waals surface area contributed by atoms with Crippen LogP contribution in [0.15, 0.2) is 12.2 Å². The van der Waals surface area contributed by atoms with Gasteiger partial charge in [0.25, 0.3) is 0 Å². The predicted molar refractivity (Wildman–Crippen MR) is 72.1 cm³/mol. The highest BCUT2D eigenvalue weighted by molar-refractivity contribution is 4.94. The first-order valence-electron chi connectivity index (χ1n) is 7.46. The lowest BCUT2D eigenvalue weighted by Gasteiger charge is -2.43. The summed E-state index contributed by atoms with van der Waals surface area (Å²) in [5.74, 6) is 0.926. The minimum absolute atomic E-state index is 0.773. The highest BCUT2D eigenvalue weighted by atomic mass is 15.3. The van der Waals surface area contributed by atoms with Crippen LogP contribution in [0.4, 0.5) is 0 Å². The fraction of sp³-hybridized carbons (Fsp3) is 0.867. The Morgan fingerprint density at radius 2 is 2.12 bits per heavy atom. The van der Waals surface area contributed by atoms with Crippen LogP contribution in [0.5, 0.6) is 0 Å². The van der Waals surface area contributed by atoms with Gasteiger partial charge in [0.1, 0.15) is 0 Å². The van der Waals surface area contributed by atoms with Gasteiger partial charge in [0.05, 0.1) is 0 Å². The molecule has 1 aliphatic carbocycles. The monoisotopic (exact) mass is 234 g/mol. The molecule has 3 rings (SSSR count). The van der Waals surface area contributed by atoms with Crippen molar-refractivity contribution in [3.8, 4) is 0 Å². The van der Waals surface area contributed by atoms with Crippen LogP contribution in [-0.4, -0.2) is 48.1 Å². The Morgan fingerprint density at radius 3 is 2.94 bits per heavy atom. The lowest BCUT2D eigenvalue weighted by molar-refractivity contribution is 0.0470. The van der Waals surface area contributed by atoms with Crippen LogP contribution in [0.25, 0.3) is 0 Å². The third kappa shape index (κ3) is 2.58. The summed E-state index contributed by atoms with van der Waals surface area (Å²) in [4.78, 5) is 5.50. The smallest absolute Gasteiger partial charge is 0.0224 e. The summed E-state index contributed by atoms with van der Waals surface area (Å²) in [7, 11) is 0. The first-order valence-corrected chi connectivity index (χ1v) is 7.46. The largest absolute Gasteiger partial charge is 0.298 e. The lowest BCUT2D eigenvalue weighted by Crippen LogP contribution is -2.55. The van der Waals surface area contributed by atoms with E-state index in [4.69, 9.17) is 0 Å². The average Bonchev–Trinajstić information content (AvgIpc) is 2.78. The standard InChI is InChI=1S/C15H26N2/c1-13-10-16-9-5-8-15(16)12-17(13)11-14-6-3-2-4-7-14/h2-3,13-15H,4-12H2,1H3/t13-,14+,15+/m1/s1. The Kier molecular flexibility index (Phi) is 3.53. The second-order valence-electron chi connectivity index (χ2n) is 6.24. The summed E-state index contributed by atoms with van der Waals surface area (Å²) >= 11 is 0. The molecule has 0 aromatic rings. The Hall–Kier alpha value is -0.340. The molecule has 0 amide bonds. The Bertz CT molecular complexity index is 287. The molecule has 2 heteroatoms. The molecule has 0 aromatic heterocycles. The fourth-order valence-corrected chi connectivity index (χ4v) is 3.86. The molecule has 2 saturated heterocycles. The summed E-state index contributed by atoms with van der Waals surface area (Å²) in [6, 6.07) is 1.65. The van der Waals surface area contributed by atoms with E-state index >= 15 is 0 Å². The number of fused-ring (bicyclic) bond motifs is 1. The van der Waals surface area contributed by atoms with Gasteiger partial charge in [-0.05, 0) is 51.5 Å². The molecule has 2 aliphatic heterocycles. The van der Waals surface area contributed by atoms with E-state index in [1.165, 1.54) is 58.3 Å². The van der Waals surface area contributed by atoms with Crippen molar-refractivity contribution in [3.63, 3.8) is 0 Å². The minimum Gasteiger partial charge on any atom is -0.298 e. The average molecular weight is 234 g/mol. The van der Waals surface area contributed by atoms with E-state index in [9.17, 15) is 0 Å². The zero-order valence-electron chi connectivity index (χ0n) is 11.1. The number of allylic oxidation sites excluding steroid dienone is 2. The molecule has 2 nitrogen and oxygen atoms in total. The summed E-state index contributed by atoms with van der Waals surface area (Å²) in [5, 5.41) is 0. The Morgan fingerprint density at radius 1 is 1.18 bits per heavy atom. The second kappa shape index (κ2) is 5.11. The number of hydrogen-bond acceptors (Lipinski definition) is 2. The van der Waals surface area contributed by atoms with E-state index in [2.05, 4.69) is 28.9 Å². The first-order chi connectivity index (χ1) is 8.33. The van der Waals surface area contributed by atoms with Crippen LogP contribution in [0.2, 0.25) is 0 Å². The van der Waals surface area contributed by atoms with Gasteiger partial charge in [-0.15, -0.1) is 0 Å². The molecule has 2 heterocycles. The van der Waals surface area contributed by atoms with Crippen LogP contribution in [0.3, 0.4) is 0 Å². The summed E-state index contributed by atoms with van der Waals surface area (Å²) < 4.78 is 0. The van der Waals surface area contributed by atoms with Crippen molar-refractivity contribution in [2.45, 2.75) is 51.1 Å². The summed E-state index contributed by atoms with van der Waals surface area (Å²) in [6.07, 6.45) is 11.7. The Balaban J connectivity index is 1.57. The van der Waals surface area contributed by atoms with Gasteiger partial charge in [0, 0.05) is 31.7 Å². The van der Waals surface area contributed by atoms with E-state index in [-0.39, 0.29) is 0 Å². The molecule has 0 aromatic carbocycles. The maximum Gasteiger partial charge on any atom is 0.0224 e. The van der Waals surface area contributed by atoms with Gasteiger partial charge in [-0.1, -0.05) is 12.2 Å². The molecule has 0 radical (unpaired) electrons. The highest BCUT2D eigenvalue weighted by Crippen LogP contribution is 2.27. The van der Waals surface area contributed by atoms with Crippen LogP contribution in [0, 0.1) is 5.92 Å². The third-order valence-corrected chi connectivity index (χ3v) is 4.94. The van der Waals surface area contributed by atoms with Gasteiger partial charge < -0.3 is 0 Å². The molecule has 0 spiro atoms. The van der Waals surface area contributed by atoms with Crippen molar-refractivity contribution in [1.82, 2.24) is 9.80 Å². The van der Waals surface area contributed by atoms with Gasteiger partial charge in [-0.2, -0.15) is 0 Å². The minimum atomic E-state index is 0.773. The fourth-order valence-electron chi connectivity index (χ4n) is 3.86. The topological polar surface area (TPSA) is 6.48 Å². The van der Waals surface area contributed by atoms with Gasteiger partial charge in [0.2, 0.25) is 0 Å². The van der Waals surface area contributed by atoms with Gasteiger partial charge in [-0.25, -0.2) is 0 Å². The molecular weight excluding hydrogens is 208 g/mol. The normalized spacial score (nSPS) is 39.5. The zero-order chi connectivity index (χ0) is 11.7. The number of nitrogens with zero attached hydrogens (tertiary/aromatic N) is 2. The Labute approximate surface area is 106 Å². The SMILES string of the molecule is C[C@@H]1CN2CCC[C@H]2CN1C[C@H]1CC=CCC1. The van der Waals surface area contributed by atoms with E-state index in [1.54, 1.807) is 0 Å². The number of piperazine rings is 1. The maximum atomic E-state index is 2.77. The molecule has 96 valence electrons. The van der Waals surface area contributed by atoms with Gasteiger partial charge in [0.15, 0.2) is 0 Å².